The first-order valence-electron chi connectivity index (χ1n) is 4.61. The molecular weight excluding hydrogens is 180 g/mol. The maximum absolute atomic E-state index is 11.6. The van der Waals surface area contributed by atoms with Gasteiger partial charge in [0.15, 0.2) is 5.65 Å². The van der Waals surface area contributed by atoms with Gasteiger partial charge in [-0.1, -0.05) is 0 Å². The second-order valence-corrected chi connectivity index (χ2v) is 3.67. The van der Waals surface area contributed by atoms with Gasteiger partial charge in [-0.15, -0.1) is 0 Å². The molecule has 2 aromatic heterocycles. The van der Waals surface area contributed by atoms with Crippen molar-refractivity contribution >= 4 is 16.9 Å². The first-order chi connectivity index (χ1) is 6.75. The SMILES string of the molecule is Nc1cnc2c(c1)[nH]c(=O)n2C1CC1. The fourth-order valence-electron chi connectivity index (χ4n) is 1.70. The monoisotopic (exact) mass is 190 g/mol. The molecule has 0 amide bonds. The molecule has 14 heavy (non-hydrogen) atoms. The summed E-state index contributed by atoms with van der Waals surface area (Å²) in [7, 11) is 0. The molecule has 0 aliphatic heterocycles. The van der Waals surface area contributed by atoms with Crippen LogP contribution in [0.2, 0.25) is 0 Å². The van der Waals surface area contributed by atoms with Crippen LogP contribution in [0.5, 0.6) is 0 Å². The van der Waals surface area contributed by atoms with Gasteiger partial charge in [-0.25, -0.2) is 9.78 Å². The minimum atomic E-state index is -0.0828. The van der Waals surface area contributed by atoms with E-state index in [4.69, 9.17) is 5.73 Å². The molecule has 1 aliphatic rings. The average molecular weight is 190 g/mol. The smallest absolute Gasteiger partial charge is 0.327 e. The number of nitrogen functional groups attached to an aromatic ring is 1. The van der Waals surface area contributed by atoms with Crippen molar-refractivity contribution in [3.05, 3.63) is 22.7 Å². The van der Waals surface area contributed by atoms with Gasteiger partial charge in [0.25, 0.3) is 0 Å². The normalized spacial score (nSPS) is 16.3. The third kappa shape index (κ3) is 0.951. The third-order valence-electron chi connectivity index (χ3n) is 2.49. The van der Waals surface area contributed by atoms with Crippen molar-refractivity contribution in [1.82, 2.24) is 14.5 Å². The Morgan fingerprint density at radius 3 is 3.07 bits per heavy atom. The molecule has 0 bridgehead atoms. The van der Waals surface area contributed by atoms with Crippen LogP contribution in [-0.4, -0.2) is 14.5 Å². The summed E-state index contributed by atoms with van der Waals surface area (Å²) in [6.45, 7) is 0. The van der Waals surface area contributed by atoms with Gasteiger partial charge >= 0.3 is 5.69 Å². The summed E-state index contributed by atoms with van der Waals surface area (Å²) < 4.78 is 1.72. The maximum Gasteiger partial charge on any atom is 0.327 e. The zero-order chi connectivity index (χ0) is 9.71. The zero-order valence-corrected chi connectivity index (χ0v) is 7.53. The Labute approximate surface area is 79.6 Å². The Bertz CT molecular complexity index is 549. The van der Waals surface area contributed by atoms with Crippen molar-refractivity contribution in [2.45, 2.75) is 18.9 Å². The van der Waals surface area contributed by atoms with E-state index in [1.807, 2.05) is 0 Å². The average Bonchev–Trinajstić information content (AvgIpc) is 2.89. The van der Waals surface area contributed by atoms with Crippen LogP contribution >= 0.6 is 0 Å². The topological polar surface area (TPSA) is 76.7 Å². The highest BCUT2D eigenvalue weighted by molar-refractivity contribution is 5.74. The first kappa shape index (κ1) is 7.61. The summed E-state index contributed by atoms with van der Waals surface area (Å²) in [6, 6.07) is 2.08. The minimum absolute atomic E-state index is 0.0828. The number of imidazole rings is 1. The standard InChI is InChI=1S/C9H10N4O/c10-5-3-7-8(11-4-5)13(6-1-2-6)9(14)12-7/h3-4,6H,1-2,10H2,(H,12,14). The molecular formula is C9H10N4O. The summed E-state index contributed by atoms with van der Waals surface area (Å²) in [5.74, 6) is 0. The van der Waals surface area contributed by atoms with E-state index in [-0.39, 0.29) is 5.69 Å². The minimum Gasteiger partial charge on any atom is -0.397 e. The fraction of sp³-hybridized carbons (Fsp3) is 0.333. The first-order valence-corrected chi connectivity index (χ1v) is 4.61. The lowest BCUT2D eigenvalue weighted by Crippen LogP contribution is -2.15. The third-order valence-corrected chi connectivity index (χ3v) is 2.49. The zero-order valence-electron chi connectivity index (χ0n) is 7.53. The van der Waals surface area contributed by atoms with Crippen LogP contribution in [0.3, 0.4) is 0 Å². The second kappa shape index (κ2) is 2.37. The van der Waals surface area contributed by atoms with E-state index < -0.39 is 0 Å². The Morgan fingerprint density at radius 1 is 1.57 bits per heavy atom. The van der Waals surface area contributed by atoms with Crippen LogP contribution in [0.4, 0.5) is 5.69 Å². The van der Waals surface area contributed by atoms with Gasteiger partial charge in [0.05, 0.1) is 17.4 Å². The molecule has 3 rings (SSSR count). The molecule has 5 nitrogen and oxygen atoms in total. The molecule has 2 heterocycles. The summed E-state index contributed by atoms with van der Waals surface area (Å²) >= 11 is 0. The molecule has 1 fully saturated rings. The molecule has 0 atom stereocenters. The van der Waals surface area contributed by atoms with E-state index in [1.54, 1.807) is 16.8 Å². The highest BCUT2D eigenvalue weighted by atomic mass is 16.1. The summed E-state index contributed by atoms with van der Waals surface area (Å²) in [4.78, 5) is 18.5. The van der Waals surface area contributed by atoms with Crippen LogP contribution in [0.15, 0.2) is 17.1 Å². The van der Waals surface area contributed by atoms with Crippen LogP contribution in [0.25, 0.3) is 11.2 Å². The molecule has 0 saturated heterocycles. The predicted octanol–water partition coefficient (Wildman–Crippen LogP) is 0.642. The Hall–Kier alpha value is -1.78. The highest BCUT2D eigenvalue weighted by Crippen LogP contribution is 2.35. The molecule has 0 aromatic carbocycles. The number of hydrogen-bond donors (Lipinski definition) is 2. The number of nitrogens with one attached hydrogen (secondary N) is 1. The van der Waals surface area contributed by atoms with Crippen molar-refractivity contribution in [3.8, 4) is 0 Å². The molecule has 0 spiro atoms. The van der Waals surface area contributed by atoms with Gasteiger partial charge in [-0.3, -0.25) is 4.57 Å². The number of hydrogen-bond acceptors (Lipinski definition) is 3. The summed E-state index contributed by atoms with van der Waals surface area (Å²) in [5.41, 5.74) is 7.51. The van der Waals surface area contributed by atoms with Gasteiger partial charge in [0.2, 0.25) is 0 Å². The van der Waals surface area contributed by atoms with Crippen LogP contribution in [0, 0.1) is 0 Å². The molecule has 0 unspecified atom stereocenters. The number of anilines is 1. The summed E-state index contributed by atoms with van der Waals surface area (Å²) in [5, 5.41) is 0. The quantitative estimate of drug-likeness (QED) is 0.692. The van der Waals surface area contributed by atoms with E-state index in [2.05, 4.69) is 9.97 Å². The molecule has 1 aliphatic carbocycles. The predicted molar refractivity (Wildman–Crippen MR) is 53.0 cm³/mol. The van der Waals surface area contributed by atoms with Gasteiger partial charge in [0, 0.05) is 6.04 Å². The highest BCUT2D eigenvalue weighted by Gasteiger charge is 2.27. The lowest BCUT2D eigenvalue weighted by atomic mass is 10.4. The second-order valence-electron chi connectivity index (χ2n) is 3.67. The lowest BCUT2D eigenvalue weighted by Gasteiger charge is -1.98. The van der Waals surface area contributed by atoms with Crippen molar-refractivity contribution in [1.29, 1.82) is 0 Å². The van der Waals surface area contributed by atoms with E-state index in [0.29, 0.717) is 17.4 Å². The molecule has 3 N–H and O–H groups in total. The lowest BCUT2D eigenvalue weighted by molar-refractivity contribution is 0.726. The Kier molecular flexibility index (Phi) is 1.29. The number of pyridine rings is 1. The van der Waals surface area contributed by atoms with Crippen LogP contribution in [0.1, 0.15) is 18.9 Å². The van der Waals surface area contributed by atoms with Gasteiger partial charge in [-0.2, -0.15) is 0 Å². The Balaban J connectivity index is 2.37. The number of aromatic amines is 1. The van der Waals surface area contributed by atoms with E-state index in [1.165, 1.54) is 0 Å². The van der Waals surface area contributed by atoms with Crippen LogP contribution < -0.4 is 11.4 Å². The number of H-pyrrole nitrogens is 1. The van der Waals surface area contributed by atoms with Crippen molar-refractivity contribution < 1.29 is 0 Å². The van der Waals surface area contributed by atoms with Gasteiger partial charge in [0.1, 0.15) is 0 Å². The van der Waals surface area contributed by atoms with Gasteiger partial charge in [-0.05, 0) is 18.9 Å². The van der Waals surface area contributed by atoms with Crippen molar-refractivity contribution in [2.75, 3.05) is 5.73 Å². The molecule has 5 heteroatoms. The number of aromatic nitrogens is 3. The van der Waals surface area contributed by atoms with Crippen molar-refractivity contribution in [3.63, 3.8) is 0 Å². The molecule has 72 valence electrons. The number of fused-ring (bicyclic) bond motifs is 1. The maximum atomic E-state index is 11.6. The number of nitrogens with zero attached hydrogens (tertiary/aromatic N) is 2. The van der Waals surface area contributed by atoms with E-state index in [0.717, 1.165) is 18.4 Å². The van der Waals surface area contributed by atoms with Crippen LogP contribution in [-0.2, 0) is 0 Å². The van der Waals surface area contributed by atoms with E-state index >= 15 is 0 Å². The molecule has 2 aromatic rings. The van der Waals surface area contributed by atoms with E-state index in [9.17, 15) is 4.79 Å². The molecule has 0 radical (unpaired) electrons. The largest absolute Gasteiger partial charge is 0.397 e. The van der Waals surface area contributed by atoms with Crippen molar-refractivity contribution in [2.24, 2.45) is 0 Å². The number of nitrogens with two attached hydrogens (primary N) is 1. The van der Waals surface area contributed by atoms with Gasteiger partial charge < -0.3 is 10.7 Å². The number of rotatable bonds is 1. The molecule has 1 saturated carbocycles. The summed E-state index contributed by atoms with van der Waals surface area (Å²) in [6.07, 6.45) is 3.71. The fourth-order valence-corrected chi connectivity index (χ4v) is 1.70. The Morgan fingerprint density at radius 2 is 2.36 bits per heavy atom.